The van der Waals surface area contributed by atoms with E-state index in [0.29, 0.717) is 23.5 Å². The molecule has 1 aliphatic heterocycles. The molecule has 9 heteroatoms. The average molecular weight is 435 g/mol. The number of ether oxygens (including phenoxy) is 2. The highest BCUT2D eigenvalue weighted by molar-refractivity contribution is 5.73. The number of rotatable bonds is 5. The van der Waals surface area contributed by atoms with Crippen molar-refractivity contribution in [2.75, 3.05) is 11.9 Å². The summed E-state index contributed by atoms with van der Waals surface area (Å²) >= 11 is 0. The number of anilines is 1. The number of pyridine rings is 1. The first kappa shape index (κ1) is 22.5. The van der Waals surface area contributed by atoms with E-state index in [4.69, 9.17) is 9.47 Å². The summed E-state index contributed by atoms with van der Waals surface area (Å²) in [5.41, 5.74) is 0.448. The van der Waals surface area contributed by atoms with Gasteiger partial charge in [0, 0.05) is 18.4 Å². The second-order valence-corrected chi connectivity index (χ2v) is 7.30. The van der Waals surface area contributed by atoms with Crippen molar-refractivity contribution >= 4 is 11.8 Å². The zero-order valence-corrected chi connectivity index (χ0v) is 17.6. The van der Waals surface area contributed by atoms with Crippen LogP contribution in [0.1, 0.15) is 50.3 Å². The second kappa shape index (κ2) is 8.87. The summed E-state index contributed by atoms with van der Waals surface area (Å²) in [6, 6.07) is 6.88. The molecule has 0 saturated carbocycles. The van der Waals surface area contributed by atoms with Crippen LogP contribution in [-0.2, 0) is 10.9 Å². The molecule has 0 bridgehead atoms. The number of halogens is 3. The summed E-state index contributed by atoms with van der Waals surface area (Å²) in [6.45, 7) is 7.25. The van der Waals surface area contributed by atoms with Gasteiger partial charge in [-0.25, -0.2) is 9.78 Å². The van der Waals surface area contributed by atoms with Gasteiger partial charge in [-0.15, -0.1) is 0 Å². The van der Waals surface area contributed by atoms with E-state index in [0.717, 1.165) is 6.07 Å². The van der Waals surface area contributed by atoms with Crippen LogP contribution in [-0.4, -0.2) is 23.7 Å². The molecular formula is C22H24F3N3O3. The minimum atomic E-state index is -4.60. The van der Waals surface area contributed by atoms with Crippen LogP contribution < -0.4 is 15.4 Å². The van der Waals surface area contributed by atoms with Gasteiger partial charge in [-0.2, -0.15) is 13.2 Å². The van der Waals surface area contributed by atoms with Crippen LogP contribution in [0, 0.1) is 0 Å². The van der Waals surface area contributed by atoms with Crippen LogP contribution in [0.25, 0.3) is 0 Å². The summed E-state index contributed by atoms with van der Waals surface area (Å²) in [4.78, 5) is 16.5. The van der Waals surface area contributed by atoms with Crippen molar-refractivity contribution in [2.45, 2.75) is 45.9 Å². The normalized spacial score (nSPS) is 15.9. The van der Waals surface area contributed by atoms with Crippen molar-refractivity contribution < 1.29 is 27.4 Å². The lowest BCUT2D eigenvalue weighted by molar-refractivity contribution is -0.138. The SMILES string of the molecule is CCNC(=O)OC1=C(C)Nc2ccnc(OC(C)C)c2C1c1ccccc1C(F)(F)F. The second-order valence-electron chi connectivity index (χ2n) is 7.30. The van der Waals surface area contributed by atoms with Gasteiger partial charge < -0.3 is 20.1 Å². The van der Waals surface area contributed by atoms with E-state index in [1.165, 1.54) is 24.4 Å². The number of hydrogen-bond acceptors (Lipinski definition) is 5. The molecule has 0 saturated heterocycles. The lowest BCUT2D eigenvalue weighted by Crippen LogP contribution is -2.29. The Morgan fingerprint density at radius 3 is 2.61 bits per heavy atom. The molecule has 6 nitrogen and oxygen atoms in total. The Kier molecular flexibility index (Phi) is 6.42. The first-order chi connectivity index (χ1) is 14.6. The van der Waals surface area contributed by atoms with Gasteiger partial charge in [-0.1, -0.05) is 18.2 Å². The maximum atomic E-state index is 13.9. The minimum absolute atomic E-state index is 0.0526. The lowest BCUT2D eigenvalue weighted by atomic mass is 9.83. The molecule has 2 aromatic rings. The van der Waals surface area contributed by atoms with Crippen LogP contribution in [0.3, 0.4) is 0 Å². The van der Waals surface area contributed by atoms with Gasteiger partial charge in [0.25, 0.3) is 0 Å². The highest BCUT2D eigenvalue weighted by atomic mass is 19.4. The molecule has 166 valence electrons. The fourth-order valence-corrected chi connectivity index (χ4v) is 3.49. The number of nitrogens with zero attached hydrogens (tertiary/aromatic N) is 1. The fourth-order valence-electron chi connectivity index (χ4n) is 3.49. The maximum Gasteiger partial charge on any atom is 0.416 e. The van der Waals surface area contributed by atoms with E-state index in [1.54, 1.807) is 33.8 Å². The average Bonchev–Trinajstić information content (AvgIpc) is 2.68. The van der Waals surface area contributed by atoms with Crippen LogP contribution in [0.2, 0.25) is 0 Å². The van der Waals surface area contributed by atoms with E-state index in [2.05, 4.69) is 15.6 Å². The Hall–Kier alpha value is -3.23. The Bertz CT molecular complexity index is 1000. The van der Waals surface area contributed by atoms with Gasteiger partial charge in [0.1, 0.15) is 5.76 Å². The number of alkyl halides is 3. The number of amides is 1. The van der Waals surface area contributed by atoms with Gasteiger partial charge in [0.2, 0.25) is 5.88 Å². The molecule has 1 aromatic heterocycles. The minimum Gasteiger partial charge on any atom is -0.475 e. The molecule has 31 heavy (non-hydrogen) atoms. The molecule has 1 unspecified atom stereocenters. The van der Waals surface area contributed by atoms with Crippen molar-refractivity contribution in [3.05, 3.63) is 64.7 Å². The number of allylic oxidation sites excluding steroid dienone is 2. The monoisotopic (exact) mass is 435 g/mol. The van der Waals surface area contributed by atoms with Crippen LogP contribution >= 0.6 is 0 Å². The summed E-state index contributed by atoms with van der Waals surface area (Å²) in [6.07, 6.45) is -4.11. The summed E-state index contributed by atoms with van der Waals surface area (Å²) in [5, 5.41) is 5.61. The molecule has 2 N–H and O–H groups in total. The van der Waals surface area contributed by atoms with Crippen molar-refractivity contribution in [2.24, 2.45) is 0 Å². The summed E-state index contributed by atoms with van der Waals surface area (Å²) in [7, 11) is 0. The number of alkyl carbamates (subject to hydrolysis) is 1. The molecule has 1 aliphatic rings. The standard InChI is InChI=1S/C22H24F3N3O3/c1-5-26-21(29)31-19-13(4)28-16-10-11-27-20(30-12(2)3)18(16)17(19)14-8-6-7-9-15(14)22(23,24)25/h6-12,17,28H,5H2,1-4H3,(H,26,29). The zero-order chi connectivity index (χ0) is 22.8. The van der Waals surface area contributed by atoms with Crippen molar-refractivity contribution in [3.63, 3.8) is 0 Å². The third kappa shape index (κ3) is 4.76. The van der Waals surface area contributed by atoms with E-state index >= 15 is 0 Å². The number of aromatic nitrogens is 1. The molecule has 0 radical (unpaired) electrons. The number of carbonyl (C=O) groups excluding carboxylic acids is 1. The largest absolute Gasteiger partial charge is 0.475 e. The van der Waals surface area contributed by atoms with Crippen LogP contribution in [0.15, 0.2) is 48.0 Å². The number of carbonyl (C=O) groups is 1. The highest BCUT2D eigenvalue weighted by Gasteiger charge is 2.41. The Morgan fingerprint density at radius 1 is 1.26 bits per heavy atom. The van der Waals surface area contributed by atoms with Crippen molar-refractivity contribution in [3.8, 4) is 5.88 Å². The topological polar surface area (TPSA) is 72.5 Å². The molecule has 3 rings (SSSR count). The number of hydrogen-bond donors (Lipinski definition) is 2. The number of nitrogens with one attached hydrogen (secondary N) is 2. The van der Waals surface area contributed by atoms with Crippen molar-refractivity contribution in [1.82, 2.24) is 10.3 Å². The molecule has 1 amide bonds. The molecule has 0 fully saturated rings. The smallest absolute Gasteiger partial charge is 0.416 e. The molecule has 0 spiro atoms. The molecule has 1 aromatic carbocycles. The highest BCUT2D eigenvalue weighted by Crippen LogP contribution is 2.48. The zero-order valence-electron chi connectivity index (χ0n) is 17.6. The molecule has 0 aliphatic carbocycles. The maximum absolute atomic E-state index is 13.9. The van der Waals surface area contributed by atoms with Gasteiger partial charge in [-0.3, -0.25) is 0 Å². The van der Waals surface area contributed by atoms with Crippen LogP contribution in [0.4, 0.5) is 23.7 Å². The Balaban J connectivity index is 2.27. The van der Waals surface area contributed by atoms with E-state index in [9.17, 15) is 18.0 Å². The van der Waals surface area contributed by atoms with Gasteiger partial charge in [-0.05, 0) is 45.4 Å². The van der Waals surface area contributed by atoms with Crippen molar-refractivity contribution in [1.29, 1.82) is 0 Å². The number of benzene rings is 1. The predicted octanol–water partition coefficient (Wildman–Crippen LogP) is 5.42. The lowest BCUT2D eigenvalue weighted by Gasteiger charge is -2.32. The predicted molar refractivity (Wildman–Crippen MR) is 110 cm³/mol. The molecule has 1 atom stereocenters. The Morgan fingerprint density at radius 2 is 1.97 bits per heavy atom. The quantitative estimate of drug-likeness (QED) is 0.656. The molecule has 2 heterocycles. The van der Waals surface area contributed by atoms with Gasteiger partial charge in [0.05, 0.1) is 28.8 Å². The third-order valence-corrected chi connectivity index (χ3v) is 4.64. The first-order valence-corrected chi connectivity index (χ1v) is 9.88. The van der Waals surface area contributed by atoms with E-state index in [1.807, 2.05) is 0 Å². The first-order valence-electron chi connectivity index (χ1n) is 9.88. The fraction of sp³-hybridized carbons (Fsp3) is 0.364. The molecular weight excluding hydrogens is 411 g/mol. The van der Waals surface area contributed by atoms with Crippen LogP contribution in [0.5, 0.6) is 5.88 Å². The Labute approximate surface area is 178 Å². The van der Waals surface area contributed by atoms with E-state index < -0.39 is 23.8 Å². The number of fused-ring (bicyclic) bond motifs is 1. The third-order valence-electron chi connectivity index (χ3n) is 4.64. The van der Waals surface area contributed by atoms with Gasteiger partial charge >= 0.3 is 12.3 Å². The van der Waals surface area contributed by atoms with Gasteiger partial charge in [0.15, 0.2) is 0 Å². The summed E-state index contributed by atoms with van der Waals surface area (Å²) in [5.74, 6) is -0.831. The van der Waals surface area contributed by atoms with E-state index in [-0.39, 0.29) is 23.3 Å². The summed E-state index contributed by atoms with van der Waals surface area (Å²) < 4.78 is 53.0.